The molecule has 2 aromatic carbocycles. The van der Waals surface area contributed by atoms with E-state index >= 15 is 0 Å². The van der Waals surface area contributed by atoms with E-state index in [0.29, 0.717) is 5.56 Å². The lowest BCUT2D eigenvalue weighted by molar-refractivity contribution is -0.124. The minimum atomic E-state index is -0.818. The molecule has 6 nitrogen and oxygen atoms in total. The topological polar surface area (TPSA) is 78.5 Å². The fraction of sp³-hybridized carbons (Fsp3) is 0.375. The van der Waals surface area contributed by atoms with Crippen LogP contribution in [0.4, 0.5) is 4.39 Å². The number of rotatable bonds is 7. The highest BCUT2D eigenvalue weighted by atomic mass is 19.1. The maximum Gasteiger partial charge on any atom is 0.254 e. The van der Waals surface area contributed by atoms with Gasteiger partial charge in [-0.25, -0.2) is 4.39 Å². The number of hydrogen-bond acceptors (Lipinski definition) is 3. The van der Waals surface area contributed by atoms with E-state index in [1.54, 1.807) is 38.1 Å². The fourth-order valence-corrected chi connectivity index (χ4v) is 3.62. The van der Waals surface area contributed by atoms with Gasteiger partial charge < -0.3 is 15.5 Å². The zero-order valence-corrected chi connectivity index (χ0v) is 17.9. The second-order valence-corrected chi connectivity index (χ2v) is 8.09. The zero-order valence-electron chi connectivity index (χ0n) is 17.9. The van der Waals surface area contributed by atoms with E-state index < -0.39 is 17.8 Å². The van der Waals surface area contributed by atoms with Gasteiger partial charge in [0.15, 0.2) is 0 Å². The lowest BCUT2D eigenvalue weighted by Gasteiger charge is -2.22. The van der Waals surface area contributed by atoms with Crippen molar-refractivity contribution in [3.05, 3.63) is 71.0 Å². The highest BCUT2D eigenvalue weighted by Crippen LogP contribution is 2.14. The normalized spacial score (nSPS) is 14.4. The van der Waals surface area contributed by atoms with Crippen molar-refractivity contribution in [3.63, 3.8) is 0 Å². The minimum Gasteiger partial charge on any atom is -0.350 e. The van der Waals surface area contributed by atoms with Gasteiger partial charge in [0, 0.05) is 25.2 Å². The molecule has 0 aromatic heterocycles. The Balaban J connectivity index is 1.62. The molecule has 2 N–H and O–H groups in total. The molecule has 1 saturated heterocycles. The molecule has 1 atom stereocenters. The first-order chi connectivity index (χ1) is 14.9. The molecule has 2 aromatic rings. The third-order valence-corrected chi connectivity index (χ3v) is 5.39. The molecule has 0 spiro atoms. The molecule has 0 saturated carbocycles. The number of nitrogens with zero attached hydrogens (tertiary/aromatic N) is 1. The molecule has 164 valence electrons. The summed E-state index contributed by atoms with van der Waals surface area (Å²) < 4.78 is 13.9. The van der Waals surface area contributed by atoms with E-state index in [2.05, 4.69) is 10.6 Å². The summed E-state index contributed by atoms with van der Waals surface area (Å²) >= 11 is 0. The van der Waals surface area contributed by atoms with Gasteiger partial charge >= 0.3 is 0 Å². The molecule has 0 bridgehead atoms. The standard InChI is InChI=1S/C24H28FN3O3/c1-16(2)21(27-22(29)19-10-3-4-11-20(19)25)23(30)26-15-17-8-7-9-18(14-17)24(31)28-12-5-6-13-28/h3-4,7-11,14,16,21H,5-6,12-13,15H2,1-2H3,(H,26,30)(H,27,29). The Labute approximate surface area is 181 Å². The fourth-order valence-electron chi connectivity index (χ4n) is 3.62. The van der Waals surface area contributed by atoms with Crippen LogP contribution >= 0.6 is 0 Å². The SMILES string of the molecule is CC(C)C(NC(=O)c1ccccc1F)C(=O)NCc1cccc(C(=O)N2CCCC2)c1. The molecule has 3 rings (SSSR count). The first-order valence-electron chi connectivity index (χ1n) is 10.6. The number of benzene rings is 2. The third-order valence-electron chi connectivity index (χ3n) is 5.39. The van der Waals surface area contributed by atoms with E-state index in [1.807, 2.05) is 11.0 Å². The molecule has 1 heterocycles. The summed E-state index contributed by atoms with van der Waals surface area (Å²) in [5.41, 5.74) is 1.29. The first kappa shape index (κ1) is 22.5. The smallest absolute Gasteiger partial charge is 0.254 e. The van der Waals surface area contributed by atoms with Crippen molar-refractivity contribution < 1.29 is 18.8 Å². The maximum absolute atomic E-state index is 13.9. The summed E-state index contributed by atoms with van der Waals surface area (Å²) in [5.74, 6) is -1.83. The molecule has 1 aliphatic heterocycles. The van der Waals surface area contributed by atoms with Crippen molar-refractivity contribution in [2.75, 3.05) is 13.1 Å². The van der Waals surface area contributed by atoms with Crippen molar-refractivity contribution >= 4 is 17.7 Å². The average Bonchev–Trinajstić information content (AvgIpc) is 3.30. The van der Waals surface area contributed by atoms with Crippen LogP contribution in [0.25, 0.3) is 0 Å². The maximum atomic E-state index is 13.9. The minimum absolute atomic E-state index is 0.00267. The Hall–Kier alpha value is -3.22. The Morgan fingerprint density at radius 2 is 1.74 bits per heavy atom. The third kappa shape index (κ3) is 5.69. The number of halogens is 1. The Morgan fingerprint density at radius 1 is 1.03 bits per heavy atom. The van der Waals surface area contributed by atoms with Crippen LogP contribution in [-0.4, -0.2) is 41.8 Å². The van der Waals surface area contributed by atoms with Crippen molar-refractivity contribution in [3.8, 4) is 0 Å². The van der Waals surface area contributed by atoms with Crippen LogP contribution in [0.2, 0.25) is 0 Å². The van der Waals surface area contributed by atoms with Crippen molar-refractivity contribution in [2.24, 2.45) is 5.92 Å². The van der Waals surface area contributed by atoms with E-state index in [1.165, 1.54) is 18.2 Å². The second-order valence-electron chi connectivity index (χ2n) is 8.09. The molecular weight excluding hydrogens is 397 g/mol. The second kappa shape index (κ2) is 10.2. The summed E-state index contributed by atoms with van der Waals surface area (Å²) in [6.07, 6.45) is 2.05. The van der Waals surface area contributed by atoms with Gasteiger partial charge in [0.25, 0.3) is 11.8 Å². The quantitative estimate of drug-likeness (QED) is 0.715. The Morgan fingerprint density at radius 3 is 2.42 bits per heavy atom. The lowest BCUT2D eigenvalue weighted by Crippen LogP contribution is -2.49. The van der Waals surface area contributed by atoms with Crippen LogP contribution in [0.15, 0.2) is 48.5 Å². The van der Waals surface area contributed by atoms with Crippen LogP contribution in [0.5, 0.6) is 0 Å². The average molecular weight is 426 g/mol. The number of amides is 3. The van der Waals surface area contributed by atoms with Crippen LogP contribution in [-0.2, 0) is 11.3 Å². The molecule has 3 amide bonds. The van der Waals surface area contributed by atoms with Crippen LogP contribution < -0.4 is 10.6 Å². The zero-order chi connectivity index (χ0) is 22.4. The highest BCUT2D eigenvalue weighted by Gasteiger charge is 2.25. The largest absolute Gasteiger partial charge is 0.350 e. The van der Waals surface area contributed by atoms with E-state index in [4.69, 9.17) is 0 Å². The van der Waals surface area contributed by atoms with Gasteiger partial charge in [0.2, 0.25) is 5.91 Å². The Bertz CT molecular complexity index is 955. The van der Waals surface area contributed by atoms with Crippen molar-refractivity contribution in [2.45, 2.75) is 39.3 Å². The van der Waals surface area contributed by atoms with E-state index in [0.717, 1.165) is 31.5 Å². The van der Waals surface area contributed by atoms with Gasteiger partial charge in [-0.05, 0) is 48.6 Å². The van der Waals surface area contributed by atoms with Crippen LogP contribution in [0.3, 0.4) is 0 Å². The number of carbonyl (C=O) groups is 3. The summed E-state index contributed by atoms with van der Waals surface area (Å²) in [6.45, 7) is 5.39. The van der Waals surface area contributed by atoms with Crippen LogP contribution in [0, 0.1) is 11.7 Å². The van der Waals surface area contributed by atoms with Gasteiger partial charge in [0.05, 0.1) is 5.56 Å². The monoisotopic (exact) mass is 425 g/mol. The van der Waals surface area contributed by atoms with Crippen molar-refractivity contribution in [1.29, 1.82) is 0 Å². The van der Waals surface area contributed by atoms with Gasteiger partial charge in [-0.15, -0.1) is 0 Å². The van der Waals surface area contributed by atoms with Gasteiger partial charge in [-0.1, -0.05) is 38.1 Å². The van der Waals surface area contributed by atoms with E-state index in [-0.39, 0.29) is 29.8 Å². The number of carbonyl (C=O) groups excluding carboxylic acids is 3. The number of hydrogen-bond donors (Lipinski definition) is 2. The first-order valence-corrected chi connectivity index (χ1v) is 10.6. The summed E-state index contributed by atoms with van der Waals surface area (Å²) in [7, 11) is 0. The van der Waals surface area contributed by atoms with Crippen LogP contribution in [0.1, 0.15) is 53.0 Å². The summed E-state index contributed by atoms with van der Waals surface area (Å²) in [5, 5.41) is 5.44. The molecule has 1 aliphatic rings. The number of likely N-dealkylation sites (tertiary alicyclic amines) is 1. The molecular formula is C24H28FN3O3. The summed E-state index contributed by atoms with van der Waals surface area (Å²) in [6, 6.07) is 12.0. The summed E-state index contributed by atoms with van der Waals surface area (Å²) in [4.78, 5) is 39.6. The molecule has 0 aliphatic carbocycles. The lowest BCUT2D eigenvalue weighted by atomic mass is 10.0. The van der Waals surface area contributed by atoms with E-state index in [9.17, 15) is 18.8 Å². The predicted molar refractivity (Wildman–Crippen MR) is 116 cm³/mol. The molecule has 31 heavy (non-hydrogen) atoms. The predicted octanol–water partition coefficient (Wildman–Crippen LogP) is 3.13. The molecule has 1 fully saturated rings. The van der Waals surface area contributed by atoms with Gasteiger partial charge in [0.1, 0.15) is 11.9 Å². The van der Waals surface area contributed by atoms with Gasteiger partial charge in [-0.3, -0.25) is 14.4 Å². The highest BCUT2D eigenvalue weighted by molar-refractivity contribution is 5.98. The molecule has 7 heteroatoms. The molecule has 0 radical (unpaired) electrons. The Kier molecular flexibility index (Phi) is 7.39. The van der Waals surface area contributed by atoms with Crippen molar-refractivity contribution in [1.82, 2.24) is 15.5 Å². The van der Waals surface area contributed by atoms with Gasteiger partial charge in [-0.2, -0.15) is 0 Å². The molecule has 1 unspecified atom stereocenters. The number of nitrogens with one attached hydrogen (secondary N) is 2.